The lowest BCUT2D eigenvalue weighted by atomic mass is 10.2. The zero-order valence-electron chi connectivity index (χ0n) is 15.5. The van der Waals surface area contributed by atoms with Gasteiger partial charge in [0.1, 0.15) is 11.5 Å². The Morgan fingerprint density at radius 1 is 1.07 bits per heavy atom. The van der Waals surface area contributed by atoms with E-state index in [1.165, 1.54) is 17.8 Å². The Morgan fingerprint density at radius 3 is 2.72 bits per heavy atom. The number of nitrogens with zero attached hydrogens (tertiary/aromatic N) is 3. The maximum Gasteiger partial charge on any atom is 0.192 e. The van der Waals surface area contributed by atoms with Crippen molar-refractivity contribution < 1.29 is 17.9 Å². The fourth-order valence-corrected chi connectivity index (χ4v) is 3.79. The Labute approximate surface area is 170 Å². The van der Waals surface area contributed by atoms with Crippen LogP contribution in [0, 0.1) is 11.6 Å². The van der Waals surface area contributed by atoms with Crippen LogP contribution >= 0.6 is 11.8 Å². The number of rotatable bonds is 7. The first-order valence-corrected chi connectivity index (χ1v) is 9.80. The second kappa shape index (κ2) is 8.48. The van der Waals surface area contributed by atoms with E-state index in [4.69, 9.17) is 9.15 Å². The molecule has 29 heavy (non-hydrogen) atoms. The molecule has 0 fully saturated rings. The summed E-state index contributed by atoms with van der Waals surface area (Å²) in [7, 11) is 1.60. The molecule has 0 saturated heterocycles. The number of furan rings is 1. The normalized spacial score (nSPS) is 11.0. The van der Waals surface area contributed by atoms with E-state index in [0.29, 0.717) is 23.3 Å². The van der Waals surface area contributed by atoms with Crippen molar-refractivity contribution in [3.63, 3.8) is 0 Å². The summed E-state index contributed by atoms with van der Waals surface area (Å²) in [6.07, 6.45) is 1.60. The van der Waals surface area contributed by atoms with E-state index in [9.17, 15) is 8.78 Å². The summed E-state index contributed by atoms with van der Waals surface area (Å²) in [4.78, 5) is 0. The van der Waals surface area contributed by atoms with Gasteiger partial charge in [0.05, 0.1) is 19.9 Å². The SMILES string of the molecule is COc1cccc(-c2nnc(SCc3cccc(F)c3F)n2Cc2ccco2)c1. The predicted molar refractivity (Wildman–Crippen MR) is 106 cm³/mol. The Balaban J connectivity index is 1.67. The maximum absolute atomic E-state index is 14.0. The van der Waals surface area contributed by atoms with Crippen LogP contribution < -0.4 is 4.74 Å². The first-order chi connectivity index (χ1) is 14.2. The molecule has 0 aliphatic heterocycles. The Kier molecular flexibility index (Phi) is 5.62. The molecule has 8 heteroatoms. The third-order valence-corrected chi connectivity index (χ3v) is 5.34. The number of hydrogen-bond donors (Lipinski definition) is 0. The van der Waals surface area contributed by atoms with E-state index < -0.39 is 11.6 Å². The number of thioether (sulfide) groups is 1. The molecule has 2 aromatic carbocycles. The van der Waals surface area contributed by atoms with Gasteiger partial charge in [0.2, 0.25) is 0 Å². The highest BCUT2D eigenvalue weighted by molar-refractivity contribution is 7.98. The molecular weight excluding hydrogens is 396 g/mol. The van der Waals surface area contributed by atoms with Crippen molar-refractivity contribution in [1.82, 2.24) is 14.8 Å². The van der Waals surface area contributed by atoms with Gasteiger partial charge in [-0.25, -0.2) is 8.78 Å². The lowest BCUT2D eigenvalue weighted by molar-refractivity contribution is 0.415. The van der Waals surface area contributed by atoms with Crippen LogP contribution in [-0.4, -0.2) is 21.9 Å². The van der Waals surface area contributed by atoms with Gasteiger partial charge in [-0.3, -0.25) is 4.57 Å². The lowest BCUT2D eigenvalue weighted by Gasteiger charge is -2.10. The van der Waals surface area contributed by atoms with Crippen molar-refractivity contribution in [3.8, 4) is 17.1 Å². The fourth-order valence-electron chi connectivity index (χ4n) is 2.87. The lowest BCUT2D eigenvalue weighted by Crippen LogP contribution is -2.04. The molecule has 5 nitrogen and oxygen atoms in total. The molecule has 0 spiro atoms. The van der Waals surface area contributed by atoms with Gasteiger partial charge in [0.25, 0.3) is 0 Å². The molecule has 2 aromatic heterocycles. The third-order valence-electron chi connectivity index (χ3n) is 4.33. The van der Waals surface area contributed by atoms with Crippen LogP contribution in [0.25, 0.3) is 11.4 Å². The zero-order valence-corrected chi connectivity index (χ0v) is 16.3. The summed E-state index contributed by atoms with van der Waals surface area (Å²) in [5.41, 5.74) is 1.10. The fraction of sp³-hybridized carbons (Fsp3) is 0.143. The minimum absolute atomic E-state index is 0.220. The quantitative estimate of drug-likeness (QED) is 0.392. The molecule has 0 unspecified atom stereocenters. The molecule has 0 amide bonds. The number of ether oxygens (including phenoxy) is 1. The minimum atomic E-state index is -0.864. The van der Waals surface area contributed by atoms with Gasteiger partial charge in [-0.15, -0.1) is 10.2 Å². The zero-order chi connectivity index (χ0) is 20.2. The van der Waals surface area contributed by atoms with Crippen molar-refractivity contribution in [3.05, 3.63) is 83.8 Å². The highest BCUT2D eigenvalue weighted by atomic mass is 32.2. The van der Waals surface area contributed by atoms with E-state index in [0.717, 1.165) is 17.4 Å². The molecule has 0 bridgehead atoms. The summed E-state index contributed by atoms with van der Waals surface area (Å²) in [5.74, 6) is 0.571. The molecule has 0 aliphatic rings. The first kappa shape index (κ1) is 19.2. The molecule has 0 aliphatic carbocycles. The smallest absolute Gasteiger partial charge is 0.192 e. The van der Waals surface area contributed by atoms with Crippen LogP contribution in [0.3, 0.4) is 0 Å². The first-order valence-electron chi connectivity index (χ1n) is 8.81. The van der Waals surface area contributed by atoms with Gasteiger partial charge in [-0.2, -0.15) is 0 Å². The Bertz CT molecular complexity index is 1110. The van der Waals surface area contributed by atoms with E-state index >= 15 is 0 Å². The minimum Gasteiger partial charge on any atom is -0.497 e. The van der Waals surface area contributed by atoms with Gasteiger partial charge in [0.15, 0.2) is 22.6 Å². The summed E-state index contributed by atoms with van der Waals surface area (Å²) in [6.45, 7) is 0.403. The summed E-state index contributed by atoms with van der Waals surface area (Å²) >= 11 is 1.28. The van der Waals surface area contributed by atoms with Crippen LogP contribution in [0.5, 0.6) is 5.75 Å². The highest BCUT2D eigenvalue weighted by Gasteiger charge is 2.17. The van der Waals surface area contributed by atoms with Crippen molar-refractivity contribution >= 4 is 11.8 Å². The molecule has 0 saturated carbocycles. The van der Waals surface area contributed by atoms with Crippen LogP contribution in [-0.2, 0) is 12.3 Å². The predicted octanol–water partition coefficient (Wildman–Crippen LogP) is 5.17. The van der Waals surface area contributed by atoms with Crippen molar-refractivity contribution in [1.29, 1.82) is 0 Å². The largest absolute Gasteiger partial charge is 0.497 e. The number of hydrogen-bond acceptors (Lipinski definition) is 5. The summed E-state index contributed by atoms with van der Waals surface area (Å²) in [5, 5.41) is 9.17. The number of aromatic nitrogens is 3. The van der Waals surface area contributed by atoms with E-state index in [1.807, 2.05) is 34.9 Å². The summed E-state index contributed by atoms with van der Waals surface area (Å²) < 4.78 is 40.2. The Hall–Kier alpha value is -3.13. The van der Waals surface area contributed by atoms with Crippen molar-refractivity contribution in [2.45, 2.75) is 17.5 Å². The average Bonchev–Trinajstić information content (AvgIpc) is 3.40. The molecule has 148 valence electrons. The highest BCUT2D eigenvalue weighted by Crippen LogP contribution is 2.30. The molecule has 4 rings (SSSR count). The number of benzene rings is 2. The average molecular weight is 413 g/mol. The van der Waals surface area contributed by atoms with Gasteiger partial charge in [0, 0.05) is 16.9 Å². The van der Waals surface area contributed by atoms with Crippen LogP contribution in [0.2, 0.25) is 0 Å². The van der Waals surface area contributed by atoms with Gasteiger partial charge < -0.3 is 9.15 Å². The molecular formula is C21H17F2N3O2S. The second-order valence-electron chi connectivity index (χ2n) is 6.21. The van der Waals surface area contributed by atoms with Crippen molar-refractivity contribution in [2.24, 2.45) is 0 Å². The number of methoxy groups -OCH3 is 1. The van der Waals surface area contributed by atoms with Gasteiger partial charge in [-0.1, -0.05) is 36.0 Å². The summed E-state index contributed by atoms with van der Waals surface area (Å²) in [6, 6.07) is 15.3. The van der Waals surface area contributed by atoms with Crippen molar-refractivity contribution in [2.75, 3.05) is 7.11 Å². The topological polar surface area (TPSA) is 53.1 Å². The van der Waals surface area contributed by atoms with Crippen LogP contribution in [0.15, 0.2) is 70.4 Å². The van der Waals surface area contributed by atoms with E-state index in [1.54, 1.807) is 25.5 Å². The number of halogens is 2. The second-order valence-corrected chi connectivity index (χ2v) is 7.15. The van der Waals surface area contributed by atoms with E-state index in [2.05, 4.69) is 10.2 Å². The molecule has 0 atom stereocenters. The molecule has 2 heterocycles. The van der Waals surface area contributed by atoms with Gasteiger partial charge >= 0.3 is 0 Å². The maximum atomic E-state index is 14.0. The standard InChI is InChI=1S/C21H17F2N3O2S/c1-27-16-7-2-5-14(11-16)20-24-25-21(26(20)12-17-8-4-10-28-17)29-13-15-6-3-9-18(22)19(15)23/h2-11H,12-13H2,1H3. The van der Waals surface area contributed by atoms with Crippen LogP contribution in [0.1, 0.15) is 11.3 Å². The Morgan fingerprint density at radius 2 is 1.93 bits per heavy atom. The monoisotopic (exact) mass is 413 g/mol. The van der Waals surface area contributed by atoms with Crippen LogP contribution in [0.4, 0.5) is 8.78 Å². The molecule has 4 aromatic rings. The third kappa shape index (κ3) is 4.17. The van der Waals surface area contributed by atoms with Gasteiger partial charge in [-0.05, 0) is 30.3 Å². The molecule has 0 radical (unpaired) electrons. The molecule has 0 N–H and O–H groups in total. The van der Waals surface area contributed by atoms with E-state index in [-0.39, 0.29) is 11.3 Å².